The molecular weight excluding hydrogens is 382 g/mol. The Balaban J connectivity index is 2.03. The second kappa shape index (κ2) is 8.86. The fraction of sp³-hybridized carbons (Fsp3) is 0.542. The molecule has 1 aliphatic carbocycles. The lowest BCUT2D eigenvalue weighted by atomic mass is 9.63. The molecule has 1 aromatic rings. The third-order valence-corrected chi connectivity index (χ3v) is 6.51. The molecule has 3 rings (SSSR count). The first-order valence-electron chi connectivity index (χ1n) is 10.4. The summed E-state index contributed by atoms with van der Waals surface area (Å²) in [6.45, 7) is 10.6. The minimum Gasteiger partial charge on any atom is -0.461 e. The van der Waals surface area contributed by atoms with Crippen molar-refractivity contribution < 1.29 is 14.3 Å². The summed E-state index contributed by atoms with van der Waals surface area (Å²) in [5.41, 5.74) is 4.14. The number of rotatable bonds is 6. The Kier molecular flexibility index (Phi) is 6.67. The van der Waals surface area contributed by atoms with E-state index >= 15 is 0 Å². The summed E-state index contributed by atoms with van der Waals surface area (Å²) in [6.07, 6.45) is 1.28. The van der Waals surface area contributed by atoms with Crippen molar-refractivity contribution in [2.24, 2.45) is 16.3 Å². The standard InChI is InChI=1S/C24H31NO3S/c1-6-29-11-10-28-23(27)20-16(3)25-18-13-24(4,5)14-19(26)22(18)21(20)17-9-7-8-15(2)12-17/h7-9,12,21-22H,6,10-11,13-14H2,1-5H3. The van der Waals surface area contributed by atoms with Crippen LogP contribution in [0.25, 0.3) is 0 Å². The molecule has 1 aliphatic heterocycles. The van der Waals surface area contributed by atoms with Gasteiger partial charge in [0.2, 0.25) is 0 Å². The van der Waals surface area contributed by atoms with E-state index in [1.807, 2.05) is 32.0 Å². The number of hydrogen-bond acceptors (Lipinski definition) is 5. The third kappa shape index (κ3) is 4.82. The third-order valence-electron chi connectivity index (χ3n) is 5.65. The maximum absolute atomic E-state index is 13.2. The Hall–Kier alpha value is -1.88. The topological polar surface area (TPSA) is 55.7 Å². The largest absolute Gasteiger partial charge is 0.461 e. The summed E-state index contributed by atoms with van der Waals surface area (Å²) in [7, 11) is 0. The Morgan fingerprint density at radius 1 is 1.24 bits per heavy atom. The van der Waals surface area contributed by atoms with Crippen molar-refractivity contribution >= 4 is 29.2 Å². The van der Waals surface area contributed by atoms with Gasteiger partial charge in [0, 0.05) is 29.5 Å². The number of ketones is 1. The average Bonchev–Trinajstić information content (AvgIpc) is 2.63. The molecule has 2 atom stereocenters. The van der Waals surface area contributed by atoms with Gasteiger partial charge in [-0.3, -0.25) is 9.79 Å². The van der Waals surface area contributed by atoms with Gasteiger partial charge in [0.05, 0.1) is 11.5 Å². The van der Waals surface area contributed by atoms with Gasteiger partial charge in [-0.2, -0.15) is 11.8 Å². The van der Waals surface area contributed by atoms with E-state index in [2.05, 4.69) is 26.8 Å². The molecule has 0 bridgehead atoms. The van der Waals surface area contributed by atoms with E-state index < -0.39 is 0 Å². The first-order valence-corrected chi connectivity index (χ1v) is 11.5. The van der Waals surface area contributed by atoms with E-state index in [-0.39, 0.29) is 29.0 Å². The molecule has 0 N–H and O–H groups in total. The summed E-state index contributed by atoms with van der Waals surface area (Å²) in [4.78, 5) is 31.1. The molecule has 0 saturated heterocycles. The zero-order chi connectivity index (χ0) is 21.2. The monoisotopic (exact) mass is 413 g/mol. The van der Waals surface area contributed by atoms with Crippen molar-refractivity contribution in [3.8, 4) is 0 Å². The highest BCUT2D eigenvalue weighted by molar-refractivity contribution is 7.99. The second-order valence-electron chi connectivity index (χ2n) is 8.79. The molecule has 0 amide bonds. The first kappa shape index (κ1) is 21.8. The predicted molar refractivity (Wildman–Crippen MR) is 120 cm³/mol. The van der Waals surface area contributed by atoms with Gasteiger partial charge in [0.15, 0.2) is 0 Å². The smallest absolute Gasteiger partial charge is 0.336 e. The van der Waals surface area contributed by atoms with Gasteiger partial charge in [-0.15, -0.1) is 0 Å². The quantitative estimate of drug-likeness (QED) is 0.480. The number of nitrogens with zero attached hydrogens (tertiary/aromatic N) is 1. The lowest BCUT2D eigenvalue weighted by molar-refractivity contribution is -0.139. The Labute approximate surface area is 178 Å². The molecule has 5 heteroatoms. The van der Waals surface area contributed by atoms with Gasteiger partial charge in [0.25, 0.3) is 0 Å². The Bertz CT molecular complexity index is 869. The zero-order valence-corrected chi connectivity index (χ0v) is 18.9. The summed E-state index contributed by atoms with van der Waals surface area (Å²) in [5, 5.41) is 0. The molecule has 1 saturated carbocycles. The number of carbonyl (C=O) groups is 2. The maximum atomic E-state index is 13.2. The van der Waals surface area contributed by atoms with Gasteiger partial charge in [-0.25, -0.2) is 4.79 Å². The number of esters is 1. The number of fused-ring (bicyclic) bond motifs is 1. The fourth-order valence-corrected chi connectivity index (χ4v) is 4.99. The number of aliphatic imine (C=N–C) groups is 1. The van der Waals surface area contributed by atoms with Crippen LogP contribution in [0.1, 0.15) is 57.6 Å². The molecule has 0 spiro atoms. The van der Waals surface area contributed by atoms with E-state index in [9.17, 15) is 9.59 Å². The van der Waals surface area contributed by atoms with Crippen LogP contribution in [0.4, 0.5) is 0 Å². The molecule has 29 heavy (non-hydrogen) atoms. The SMILES string of the molecule is CCSCCOC(=O)C1=C(C)N=C2CC(C)(C)CC(=O)C2C1c1cccc(C)c1. The van der Waals surface area contributed by atoms with Crippen LogP contribution >= 0.6 is 11.8 Å². The Morgan fingerprint density at radius 2 is 2.00 bits per heavy atom. The molecule has 1 heterocycles. The molecule has 2 unspecified atom stereocenters. The van der Waals surface area contributed by atoms with E-state index in [0.29, 0.717) is 24.3 Å². The highest BCUT2D eigenvalue weighted by atomic mass is 32.2. The first-order chi connectivity index (χ1) is 13.7. The number of carbonyl (C=O) groups excluding carboxylic acids is 2. The summed E-state index contributed by atoms with van der Waals surface area (Å²) < 4.78 is 5.59. The number of Topliss-reactive ketones (excluding diaryl/α,β-unsaturated/α-hetero) is 1. The number of ether oxygens (including phenoxy) is 1. The number of allylic oxidation sites excluding steroid dienone is 1. The summed E-state index contributed by atoms with van der Waals surface area (Å²) in [6, 6.07) is 8.11. The molecular formula is C24H31NO3S. The van der Waals surface area contributed by atoms with Crippen LogP contribution in [0.15, 0.2) is 40.5 Å². The molecule has 1 fully saturated rings. The molecule has 4 nitrogen and oxygen atoms in total. The van der Waals surface area contributed by atoms with Crippen LogP contribution in [-0.2, 0) is 14.3 Å². The number of thioether (sulfide) groups is 1. The highest BCUT2D eigenvalue weighted by Crippen LogP contribution is 2.47. The van der Waals surface area contributed by atoms with Gasteiger partial charge in [0.1, 0.15) is 12.4 Å². The van der Waals surface area contributed by atoms with Gasteiger partial charge < -0.3 is 4.74 Å². The summed E-state index contributed by atoms with van der Waals surface area (Å²) >= 11 is 1.74. The van der Waals surface area contributed by atoms with E-state index in [4.69, 9.17) is 9.73 Å². The van der Waals surface area contributed by atoms with Gasteiger partial charge in [-0.1, -0.05) is 50.6 Å². The van der Waals surface area contributed by atoms with Crippen molar-refractivity contribution in [1.29, 1.82) is 0 Å². The fourth-order valence-electron chi connectivity index (χ4n) is 4.50. The zero-order valence-electron chi connectivity index (χ0n) is 18.1. The van der Waals surface area contributed by atoms with Crippen LogP contribution in [0.5, 0.6) is 0 Å². The van der Waals surface area contributed by atoms with Crippen LogP contribution < -0.4 is 0 Å². The average molecular weight is 414 g/mol. The molecule has 2 aliphatic rings. The number of benzene rings is 1. The van der Waals surface area contributed by atoms with Gasteiger partial charge >= 0.3 is 5.97 Å². The van der Waals surface area contributed by atoms with E-state index in [0.717, 1.165) is 34.8 Å². The van der Waals surface area contributed by atoms with E-state index in [1.54, 1.807) is 11.8 Å². The van der Waals surface area contributed by atoms with Crippen LogP contribution in [0.2, 0.25) is 0 Å². The van der Waals surface area contributed by atoms with Crippen molar-refractivity contribution in [1.82, 2.24) is 0 Å². The number of hydrogen-bond donors (Lipinski definition) is 0. The minimum atomic E-state index is -0.374. The molecule has 0 aromatic heterocycles. The van der Waals surface area contributed by atoms with Gasteiger partial charge in [-0.05, 0) is 37.0 Å². The van der Waals surface area contributed by atoms with Crippen LogP contribution in [0, 0.1) is 18.3 Å². The van der Waals surface area contributed by atoms with Crippen molar-refractivity contribution in [2.45, 2.75) is 53.4 Å². The molecule has 0 radical (unpaired) electrons. The molecule has 156 valence electrons. The van der Waals surface area contributed by atoms with Crippen LogP contribution in [0.3, 0.4) is 0 Å². The minimum absolute atomic E-state index is 0.0980. The maximum Gasteiger partial charge on any atom is 0.336 e. The van der Waals surface area contributed by atoms with Crippen molar-refractivity contribution in [2.75, 3.05) is 18.1 Å². The molecule has 1 aromatic carbocycles. The second-order valence-corrected chi connectivity index (χ2v) is 10.2. The van der Waals surface area contributed by atoms with E-state index in [1.165, 1.54) is 0 Å². The van der Waals surface area contributed by atoms with Crippen molar-refractivity contribution in [3.63, 3.8) is 0 Å². The lowest BCUT2D eigenvalue weighted by Crippen LogP contribution is -2.44. The highest BCUT2D eigenvalue weighted by Gasteiger charge is 2.47. The number of aryl methyl sites for hydroxylation is 1. The Morgan fingerprint density at radius 3 is 2.69 bits per heavy atom. The van der Waals surface area contributed by atoms with Crippen molar-refractivity contribution in [3.05, 3.63) is 46.7 Å². The lowest BCUT2D eigenvalue weighted by Gasteiger charge is -2.41. The van der Waals surface area contributed by atoms with Crippen LogP contribution in [-0.4, -0.2) is 35.6 Å². The predicted octanol–water partition coefficient (Wildman–Crippen LogP) is 5.11. The normalized spacial score (nSPS) is 23.5. The summed E-state index contributed by atoms with van der Waals surface area (Å²) in [5.74, 6) is 0.898.